The smallest absolute Gasteiger partial charge is 0.410 e. The number of carbonyl (C=O) groups is 1. The second kappa shape index (κ2) is 12.2. The zero-order chi connectivity index (χ0) is 23.7. The van der Waals surface area contributed by atoms with E-state index in [2.05, 4.69) is 0 Å². The maximum atomic E-state index is 13.0. The van der Waals surface area contributed by atoms with E-state index < -0.39 is 5.60 Å². The minimum Gasteiger partial charge on any atom is -0.444 e. The number of hydrogen-bond acceptors (Lipinski definition) is 5. The molecule has 1 amide bonds. The number of hydrogen-bond donors (Lipinski definition) is 1. The number of aliphatic hydroxyl groups excluding tert-OH is 1. The highest BCUT2D eigenvalue weighted by Gasteiger charge is 2.39. The lowest BCUT2D eigenvalue weighted by Gasteiger charge is -2.42. The summed E-state index contributed by atoms with van der Waals surface area (Å²) < 4.78 is 18.1. The maximum Gasteiger partial charge on any atom is 0.410 e. The van der Waals surface area contributed by atoms with Crippen LogP contribution in [0.5, 0.6) is 0 Å². The minimum atomic E-state index is -0.584. The van der Waals surface area contributed by atoms with Crippen LogP contribution in [0.1, 0.15) is 44.7 Å². The highest BCUT2D eigenvalue weighted by atomic mass is 16.6. The molecule has 1 aliphatic heterocycles. The molecule has 180 valence electrons. The number of aliphatic hydroxyl groups is 1. The summed E-state index contributed by atoms with van der Waals surface area (Å²) in [6.45, 7) is 7.44. The summed E-state index contributed by atoms with van der Waals surface area (Å²) in [5, 5.41) is 9.83. The first-order valence-electron chi connectivity index (χ1n) is 11.7. The third kappa shape index (κ3) is 8.14. The lowest BCUT2D eigenvalue weighted by atomic mass is 9.89. The summed E-state index contributed by atoms with van der Waals surface area (Å²) in [7, 11) is 0. The second-order valence-corrected chi connectivity index (χ2v) is 9.65. The third-order valence-corrected chi connectivity index (χ3v) is 5.77. The van der Waals surface area contributed by atoms with E-state index in [0.717, 1.165) is 17.5 Å². The molecule has 0 spiro atoms. The number of rotatable bonds is 9. The molecule has 0 aliphatic carbocycles. The van der Waals surface area contributed by atoms with Gasteiger partial charge in [0.15, 0.2) is 0 Å². The molecule has 1 heterocycles. The van der Waals surface area contributed by atoms with Crippen molar-refractivity contribution in [2.45, 2.75) is 64.6 Å². The summed E-state index contributed by atoms with van der Waals surface area (Å²) in [4.78, 5) is 14.8. The fraction of sp³-hybridized carbons (Fsp3) is 0.519. The number of benzene rings is 2. The molecule has 0 aromatic heterocycles. The Balaban J connectivity index is 1.75. The monoisotopic (exact) mass is 455 g/mol. The average molecular weight is 456 g/mol. The van der Waals surface area contributed by atoms with Gasteiger partial charge >= 0.3 is 6.09 Å². The van der Waals surface area contributed by atoms with E-state index in [1.165, 1.54) is 0 Å². The Hall–Kier alpha value is -2.41. The van der Waals surface area contributed by atoms with E-state index in [9.17, 15) is 9.90 Å². The molecule has 0 unspecified atom stereocenters. The molecule has 3 atom stereocenters. The number of ether oxygens (including phenoxy) is 3. The van der Waals surface area contributed by atoms with E-state index in [0.29, 0.717) is 32.8 Å². The summed E-state index contributed by atoms with van der Waals surface area (Å²) >= 11 is 0. The first-order chi connectivity index (χ1) is 15.9. The van der Waals surface area contributed by atoms with Crippen LogP contribution in [0.2, 0.25) is 0 Å². The minimum absolute atomic E-state index is 0.0922. The quantitative estimate of drug-likeness (QED) is 0.588. The standard InChI is InChI=1S/C27H37NO5/c1-27(2,3)33-26(30)28-15-14-23(17-29)16-24(28)25(32-19-22-12-8-5-9-13-22)20-31-18-21-10-6-4-7-11-21/h4-13,23-25,29H,14-20H2,1-3H3/t23-,24+,25+/m0/s1. The number of amides is 1. The molecule has 6 heteroatoms. The summed E-state index contributed by atoms with van der Waals surface area (Å²) in [6.07, 6.45) is 0.683. The van der Waals surface area contributed by atoms with Crippen molar-refractivity contribution in [3.63, 3.8) is 0 Å². The maximum absolute atomic E-state index is 13.0. The van der Waals surface area contributed by atoms with Crippen LogP contribution >= 0.6 is 0 Å². The Bertz CT molecular complexity index is 837. The van der Waals surface area contributed by atoms with Crippen molar-refractivity contribution in [1.29, 1.82) is 0 Å². The molecule has 1 N–H and O–H groups in total. The van der Waals surface area contributed by atoms with Crippen LogP contribution in [-0.4, -0.2) is 53.6 Å². The van der Waals surface area contributed by atoms with Crippen LogP contribution in [0.25, 0.3) is 0 Å². The molecule has 0 bridgehead atoms. The van der Waals surface area contributed by atoms with E-state index in [-0.39, 0.29) is 30.8 Å². The summed E-state index contributed by atoms with van der Waals surface area (Å²) in [5.74, 6) is 0.116. The van der Waals surface area contributed by atoms with Gasteiger partial charge in [0.05, 0.1) is 25.9 Å². The Kier molecular flexibility index (Phi) is 9.30. The topological polar surface area (TPSA) is 68.2 Å². The number of carbonyl (C=O) groups excluding carboxylic acids is 1. The zero-order valence-electron chi connectivity index (χ0n) is 20.0. The lowest BCUT2D eigenvalue weighted by molar-refractivity contribution is -0.0904. The van der Waals surface area contributed by atoms with Gasteiger partial charge in [0.1, 0.15) is 11.7 Å². The van der Waals surface area contributed by atoms with Crippen LogP contribution in [0.4, 0.5) is 4.79 Å². The van der Waals surface area contributed by atoms with E-state index >= 15 is 0 Å². The van der Waals surface area contributed by atoms with Gasteiger partial charge in [-0.2, -0.15) is 0 Å². The van der Waals surface area contributed by atoms with Crippen molar-refractivity contribution in [2.24, 2.45) is 5.92 Å². The second-order valence-electron chi connectivity index (χ2n) is 9.65. The molecule has 1 aliphatic rings. The van der Waals surface area contributed by atoms with Crippen molar-refractivity contribution in [2.75, 3.05) is 19.8 Å². The normalized spacial score (nSPS) is 19.8. The average Bonchev–Trinajstić information content (AvgIpc) is 2.81. The van der Waals surface area contributed by atoms with Crippen LogP contribution < -0.4 is 0 Å². The van der Waals surface area contributed by atoms with Gasteiger partial charge in [-0.1, -0.05) is 60.7 Å². The van der Waals surface area contributed by atoms with Gasteiger partial charge in [-0.05, 0) is 50.7 Å². The molecule has 0 radical (unpaired) electrons. The number of nitrogens with zero attached hydrogens (tertiary/aromatic N) is 1. The fourth-order valence-corrected chi connectivity index (χ4v) is 4.05. The van der Waals surface area contributed by atoms with Crippen molar-refractivity contribution in [3.8, 4) is 0 Å². The van der Waals surface area contributed by atoms with Crippen molar-refractivity contribution in [1.82, 2.24) is 4.90 Å². The van der Waals surface area contributed by atoms with Crippen molar-refractivity contribution >= 4 is 6.09 Å². The van der Waals surface area contributed by atoms with Gasteiger partial charge in [-0.25, -0.2) is 4.79 Å². The van der Waals surface area contributed by atoms with Crippen LogP contribution in [0, 0.1) is 5.92 Å². The highest BCUT2D eigenvalue weighted by Crippen LogP contribution is 2.28. The Morgan fingerprint density at radius 1 is 1.03 bits per heavy atom. The van der Waals surface area contributed by atoms with Gasteiger partial charge in [0.25, 0.3) is 0 Å². The third-order valence-electron chi connectivity index (χ3n) is 5.77. The van der Waals surface area contributed by atoms with E-state index in [1.807, 2.05) is 81.4 Å². The van der Waals surface area contributed by atoms with Crippen LogP contribution in [0.15, 0.2) is 60.7 Å². The Morgan fingerprint density at radius 2 is 1.64 bits per heavy atom. The fourth-order valence-electron chi connectivity index (χ4n) is 4.05. The predicted molar refractivity (Wildman–Crippen MR) is 128 cm³/mol. The molecule has 0 saturated carbocycles. The van der Waals surface area contributed by atoms with Crippen molar-refractivity contribution in [3.05, 3.63) is 71.8 Å². The molecule has 3 rings (SSSR count). The van der Waals surface area contributed by atoms with Gasteiger partial charge in [0.2, 0.25) is 0 Å². The van der Waals surface area contributed by atoms with Gasteiger partial charge in [-0.15, -0.1) is 0 Å². The van der Waals surface area contributed by atoms with Crippen LogP contribution in [0.3, 0.4) is 0 Å². The SMILES string of the molecule is CC(C)(C)OC(=O)N1CC[C@H](CO)C[C@@H]1[C@@H](COCc1ccccc1)OCc1ccccc1. The Labute approximate surface area is 197 Å². The molecule has 33 heavy (non-hydrogen) atoms. The Morgan fingerprint density at radius 3 is 2.21 bits per heavy atom. The molecule has 1 fully saturated rings. The van der Waals surface area contributed by atoms with Crippen LogP contribution in [-0.2, 0) is 27.4 Å². The van der Waals surface area contributed by atoms with Gasteiger partial charge < -0.3 is 24.2 Å². The van der Waals surface area contributed by atoms with Gasteiger partial charge in [0, 0.05) is 13.2 Å². The molecule has 2 aromatic rings. The zero-order valence-corrected chi connectivity index (χ0v) is 20.0. The largest absolute Gasteiger partial charge is 0.444 e. The van der Waals surface area contributed by atoms with E-state index in [1.54, 1.807) is 4.90 Å². The molecular weight excluding hydrogens is 418 g/mol. The predicted octanol–water partition coefficient (Wildman–Crippen LogP) is 4.80. The summed E-state index contributed by atoms with van der Waals surface area (Å²) in [6, 6.07) is 19.7. The molecule has 2 aromatic carbocycles. The first kappa shape index (κ1) is 25.2. The number of likely N-dealkylation sites (tertiary alicyclic amines) is 1. The summed E-state index contributed by atoms with van der Waals surface area (Å²) in [5.41, 5.74) is 1.56. The first-order valence-corrected chi connectivity index (χ1v) is 11.7. The molecule has 6 nitrogen and oxygen atoms in total. The van der Waals surface area contributed by atoms with Gasteiger partial charge in [-0.3, -0.25) is 0 Å². The van der Waals surface area contributed by atoms with Crippen molar-refractivity contribution < 1.29 is 24.1 Å². The van der Waals surface area contributed by atoms with E-state index in [4.69, 9.17) is 14.2 Å². The highest BCUT2D eigenvalue weighted by molar-refractivity contribution is 5.68. The molecular formula is C27H37NO5. The molecule has 1 saturated heterocycles. The number of piperidine rings is 1. The lowest BCUT2D eigenvalue weighted by Crippen LogP contribution is -2.55.